The number of β-amino-alcohol motifs (C(OH)–C–C–N with tert-alkyl or cyclic N) is 1. The molecule has 0 aromatic heterocycles. The molecule has 1 heterocycles. The van der Waals surface area contributed by atoms with Crippen molar-refractivity contribution in [2.24, 2.45) is 4.99 Å². The van der Waals surface area contributed by atoms with Gasteiger partial charge < -0.3 is 20.6 Å². The van der Waals surface area contributed by atoms with Crippen LogP contribution < -0.4 is 16.1 Å². The number of aliphatic hydroxyl groups is 1. The minimum absolute atomic E-state index is 0.150. The average Bonchev–Trinajstić information content (AvgIpc) is 2.73. The predicted octanol–water partition coefficient (Wildman–Crippen LogP) is 2.00. The number of benzene rings is 2. The summed E-state index contributed by atoms with van der Waals surface area (Å²) in [6.45, 7) is -0.545. The Bertz CT molecular complexity index is 1130. The van der Waals surface area contributed by atoms with E-state index in [9.17, 15) is 33.2 Å². The standard InChI is InChI=1S/C19H18F3IN6O4/c1-24-18(27-29(32)33)25-7-19(31)8-28(9-19)17(30)11-3-4-12(20)15(22)16(11)26-14-5-2-10(23)6-13(14)21/h2-6,26,31H,7-9H2,1H3,(H2,24,25,27). The van der Waals surface area contributed by atoms with E-state index in [0.29, 0.717) is 3.57 Å². The number of amides is 1. The molecule has 0 bridgehead atoms. The largest absolute Gasteiger partial charge is 0.384 e. The Balaban J connectivity index is 1.74. The second-order valence-electron chi connectivity index (χ2n) is 7.21. The van der Waals surface area contributed by atoms with Crippen molar-refractivity contribution >= 4 is 45.8 Å². The number of guanidine groups is 1. The number of hydrogen-bond acceptors (Lipinski definition) is 6. The molecule has 1 fully saturated rings. The van der Waals surface area contributed by atoms with Crippen molar-refractivity contribution in [1.29, 1.82) is 0 Å². The van der Waals surface area contributed by atoms with Gasteiger partial charge in [0.1, 0.15) is 11.4 Å². The smallest absolute Gasteiger partial charge is 0.256 e. The Morgan fingerprint density at radius 2 is 1.97 bits per heavy atom. The molecule has 33 heavy (non-hydrogen) atoms. The van der Waals surface area contributed by atoms with E-state index >= 15 is 0 Å². The van der Waals surface area contributed by atoms with E-state index < -0.39 is 39.7 Å². The monoisotopic (exact) mass is 578 g/mol. The molecule has 3 rings (SSSR count). The van der Waals surface area contributed by atoms with Gasteiger partial charge in [-0.2, -0.15) is 0 Å². The first-order chi connectivity index (χ1) is 15.5. The van der Waals surface area contributed by atoms with Crippen LogP contribution in [0.5, 0.6) is 0 Å². The number of carbonyl (C=O) groups is 1. The quantitative estimate of drug-likeness (QED) is 0.136. The molecule has 0 radical (unpaired) electrons. The molecule has 1 amide bonds. The zero-order valence-electron chi connectivity index (χ0n) is 17.0. The predicted molar refractivity (Wildman–Crippen MR) is 121 cm³/mol. The van der Waals surface area contributed by atoms with E-state index in [2.05, 4.69) is 15.6 Å². The van der Waals surface area contributed by atoms with Crippen molar-refractivity contribution in [3.63, 3.8) is 0 Å². The van der Waals surface area contributed by atoms with Crippen LogP contribution in [-0.2, 0) is 0 Å². The molecule has 4 N–H and O–H groups in total. The Kier molecular flexibility index (Phi) is 7.26. The van der Waals surface area contributed by atoms with Crippen LogP contribution in [0.25, 0.3) is 0 Å². The first-order valence-electron chi connectivity index (χ1n) is 9.36. The molecule has 0 aliphatic carbocycles. The van der Waals surface area contributed by atoms with E-state index in [1.807, 2.05) is 28.0 Å². The fourth-order valence-corrected chi connectivity index (χ4v) is 3.62. The molecular weight excluding hydrogens is 560 g/mol. The minimum atomic E-state index is -1.43. The number of anilines is 2. The molecule has 0 atom stereocenters. The Hall–Kier alpha value is -3.14. The first kappa shape index (κ1) is 24.5. The highest BCUT2D eigenvalue weighted by molar-refractivity contribution is 14.1. The van der Waals surface area contributed by atoms with Gasteiger partial charge in [0, 0.05) is 10.6 Å². The molecule has 1 saturated heterocycles. The molecule has 176 valence electrons. The lowest BCUT2D eigenvalue weighted by Crippen LogP contribution is -2.68. The van der Waals surface area contributed by atoms with E-state index in [1.54, 1.807) is 6.07 Å². The van der Waals surface area contributed by atoms with Gasteiger partial charge >= 0.3 is 0 Å². The topological polar surface area (TPSA) is 132 Å². The number of halogens is 4. The third-order valence-electron chi connectivity index (χ3n) is 4.78. The lowest BCUT2D eigenvalue weighted by Gasteiger charge is -2.46. The first-order valence-corrected chi connectivity index (χ1v) is 10.4. The second kappa shape index (κ2) is 9.78. The molecule has 0 unspecified atom stereocenters. The Morgan fingerprint density at radius 1 is 1.27 bits per heavy atom. The number of nitrogens with zero attached hydrogens (tertiary/aromatic N) is 3. The van der Waals surface area contributed by atoms with Gasteiger partial charge in [-0.15, -0.1) is 0 Å². The van der Waals surface area contributed by atoms with Gasteiger partial charge in [-0.25, -0.2) is 23.3 Å². The molecule has 0 spiro atoms. The Morgan fingerprint density at radius 3 is 2.58 bits per heavy atom. The van der Waals surface area contributed by atoms with Crippen molar-refractivity contribution in [3.05, 3.63) is 67.0 Å². The zero-order valence-corrected chi connectivity index (χ0v) is 19.2. The summed E-state index contributed by atoms with van der Waals surface area (Å²) in [5, 5.41) is 25.2. The maximum atomic E-state index is 14.5. The average molecular weight is 578 g/mol. The van der Waals surface area contributed by atoms with Gasteiger partial charge in [0.25, 0.3) is 11.9 Å². The third-order valence-corrected chi connectivity index (χ3v) is 5.45. The number of carbonyl (C=O) groups excluding carboxylic acids is 1. The van der Waals surface area contributed by atoms with E-state index in [-0.39, 0.29) is 36.8 Å². The summed E-state index contributed by atoms with van der Waals surface area (Å²) in [4.78, 5) is 28.2. The Labute approximate surface area is 199 Å². The van der Waals surface area contributed by atoms with Crippen molar-refractivity contribution < 1.29 is 28.1 Å². The zero-order chi connectivity index (χ0) is 24.3. The van der Waals surface area contributed by atoms with Crippen LogP contribution in [0.2, 0.25) is 0 Å². The summed E-state index contributed by atoms with van der Waals surface area (Å²) in [7, 11) is 1.30. The molecule has 1 aliphatic heterocycles. The van der Waals surface area contributed by atoms with Crippen LogP contribution in [0.1, 0.15) is 10.4 Å². The highest BCUT2D eigenvalue weighted by atomic mass is 127. The van der Waals surface area contributed by atoms with E-state index in [0.717, 1.165) is 12.1 Å². The van der Waals surface area contributed by atoms with Crippen LogP contribution in [0, 0.1) is 31.1 Å². The summed E-state index contributed by atoms with van der Waals surface area (Å²) in [5.41, 5.74) is -0.564. The van der Waals surface area contributed by atoms with Gasteiger partial charge in [0.05, 0.1) is 36.6 Å². The van der Waals surface area contributed by atoms with Crippen molar-refractivity contribution in [1.82, 2.24) is 15.6 Å². The number of hydrazine groups is 1. The number of nitrogens with one attached hydrogen (secondary N) is 3. The fourth-order valence-electron chi connectivity index (χ4n) is 3.17. The normalized spacial score (nSPS) is 15.0. The third kappa shape index (κ3) is 5.62. The summed E-state index contributed by atoms with van der Waals surface area (Å²) >= 11 is 1.89. The summed E-state index contributed by atoms with van der Waals surface area (Å²) in [5.74, 6) is -4.21. The fraction of sp³-hybridized carbons (Fsp3) is 0.263. The summed E-state index contributed by atoms with van der Waals surface area (Å²) in [6, 6.07) is 5.90. The molecule has 10 nitrogen and oxygen atoms in total. The van der Waals surface area contributed by atoms with Gasteiger partial charge in [-0.3, -0.25) is 9.79 Å². The van der Waals surface area contributed by atoms with E-state index in [4.69, 9.17) is 0 Å². The van der Waals surface area contributed by atoms with Crippen LogP contribution in [0.15, 0.2) is 35.3 Å². The molecule has 2 aromatic carbocycles. The highest BCUT2D eigenvalue weighted by Crippen LogP contribution is 2.31. The van der Waals surface area contributed by atoms with Crippen LogP contribution in [-0.4, -0.2) is 59.2 Å². The lowest BCUT2D eigenvalue weighted by molar-refractivity contribution is -0.525. The van der Waals surface area contributed by atoms with Crippen LogP contribution in [0.3, 0.4) is 0 Å². The number of likely N-dealkylation sites (tertiary alicyclic amines) is 1. The van der Waals surface area contributed by atoms with Crippen molar-refractivity contribution in [3.8, 4) is 0 Å². The highest BCUT2D eigenvalue weighted by Gasteiger charge is 2.44. The van der Waals surface area contributed by atoms with Gasteiger partial charge in [0.15, 0.2) is 16.7 Å². The SMILES string of the molecule is CN=C(NCC1(O)CN(C(=O)c2ccc(F)c(F)c2Nc2ccc(I)cc2F)C1)N[N+](=O)[O-]. The van der Waals surface area contributed by atoms with Crippen molar-refractivity contribution in [2.75, 3.05) is 32.0 Å². The maximum Gasteiger partial charge on any atom is 0.256 e. The number of nitro groups is 1. The lowest BCUT2D eigenvalue weighted by atomic mass is 9.93. The number of aliphatic imine (C=N–C) groups is 1. The van der Waals surface area contributed by atoms with Crippen molar-refractivity contribution in [2.45, 2.75) is 5.60 Å². The van der Waals surface area contributed by atoms with Crippen LogP contribution in [0.4, 0.5) is 24.5 Å². The molecule has 14 heteroatoms. The molecule has 1 aliphatic rings. The van der Waals surface area contributed by atoms with Gasteiger partial charge in [-0.05, 0) is 52.9 Å². The minimum Gasteiger partial charge on any atom is -0.384 e. The molecular formula is C19H18F3IN6O4. The second-order valence-corrected chi connectivity index (χ2v) is 8.46. The van der Waals surface area contributed by atoms with E-state index in [1.165, 1.54) is 24.1 Å². The maximum absolute atomic E-state index is 14.5. The number of rotatable bonds is 6. The molecule has 0 saturated carbocycles. The van der Waals surface area contributed by atoms with Crippen LogP contribution >= 0.6 is 22.6 Å². The summed E-state index contributed by atoms with van der Waals surface area (Å²) in [6.07, 6.45) is 0. The number of hydrogen-bond donors (Lipinski definition) is 4. The summed E-state index contributed by atoms with van der Waals surface area (Å²) < 4.78 is 43.2. The van der Waals surface area contributed by atoms with Gasteiger partial charge in [0.2, 0.25) is 0 Å². The van der Waals surface area contributed by atoms with Gasteiger partial charge in [-0.1, -0.05) is 5.43 Å². The molecule has 2 aromatic rings.